The smallest absolute Gasteiger partial charge is 0.229 e. The number of carbonyl (C=O) groups excluding carboxylic acids is 1. The summed E-state index contributed by atoms with van der Waals surface area (Å²) < 4.78 is 16.0. The van der Waals surface area contributed by atoms with Gasteiger partial charge in [0.15, 0.2) is 17.1 Å². The minimum Gasteiger partial charge on any atom is -0.493 e. The molecule has 0 aliphatic carbocycles. The van der Waals surface area contributed by atoms with Crippen molar-refractivity contribution in [3.63, 3.8) is 0 Å². The molecule has 0 spiro atoms. The highest BCUT2D eigenvalue weighted by atomic mass is 16.5. The summed E-state index contributed by atoms with van der Waals surface area (Å²) in [7, 11) is 4.61. The Hall–Kier alpha value is -3.35. The van der Waals surface area contributed by atoms with Crippen molar-refractivity contribution in [3.8, 4) is 17.2 Å². The molecule has 0 atom stereocenters. The number of aromatic nitrogens is 2. The van der Waals surface area contributed by atoms with Crippen molar-refractivity contribution in [2.45, 2.75) is 20.3 Å². The average molecular weight is 381 g/mol. The van der Waals surface area contributed by atoms with Crippen LogP contribution >= 0.6 is 0 Å². The number of hydrogen-bond donors (Lipinski definition) is 1. The van der Waals surface area contributed by atoms with Gasteiger partial charge >= 0.3 is 0 Å². The van der Waals surface area contributed by atoms with Gasteiger partial charge in [0.25, 0.3) is 0 Å². The molecule has 0 bridgehead atoms. The maximum Gasteiger partial charge on any atom is 0.229 e. The number of methoxy groups -OCH3 is 3. The Labute approximate surface area is 163 Å². The number of hydrogen-bond acceptors (Lipinski definition) is 6. The van der Waals surface area contributed by atoms with Crippen molar-refractivity contribution < 1.29 is 19.0 Å². The molecule has 3 aromatic rings. The Morgan fingerprint density at radius 2 is 1.64 bits per heavy atom. The van der Waals surface area contributed by atoms with Crippen LogP contribution in [0.5, 0.6) is 17.2 Å². The first kappa shape index (κ1) is 19.4. The number of pyridine rings is 2. The first-order chi connectivity index (χ1) is 13.4. The SMILES string of the molecule is COc1cc(CC(=O)Nc2ccc3c(C)cc(C)nc3n2)cc(OC)c1OC. The highest BCUT2D eigenvalue weighted by Gasteiger charge is 2.15. The van der Waals surface area contributed by atoms with Crippen molar-refractivity contribution >= 4 is 22.8 Å². The third kappa shape index (κ3) is 3.98. The molecule has 7 heteroatoms. The quantitative estimate of drug-likeness (QED) is 0.704. The number of rotatable bonds is 6. The molecule has 2 heterocycles. The normalized spacial score (nSPS) is 10.6. The topological polar surface area (TPSA) is 82.6 Å². The summed E-state index contributed by atoms with van der Waals surface area (Å²) in [6.07, 6.45) is 0.136. The Bertz CT molecular complexity index is 1010. The van der Waals surface area contributed by atoms with E-state index in [1.54, 1.807) is 18.2 Å². The van der Waals surface area contributed by atoms with E-state index in [2.05, 4.69) is 15.3 Å². The van der Waals surface area contributed by atoms with Crippen molar-refractivity contribution in [1.29, 1.82) is 0 Å². The van der Waals surface area contributed by atoms with E-state index in [9.17, 15) is 4.79 Å². The van der Waals surface area contributed by atoms with Crippen LogP contribution in [0.1, 0.15) is 16.8 Å². The predicted octanol–water partition coefficient (Wildman–Crippen LogP) is 3.45. The fourth-order valence-corrected chi connectivity index (χ4v) is 3.11. The van der Waals surface area contributed by atoms with Crippen LogP contribution < -0.4 is 19.5 Å². The van der Waals surface area contributed by atoms with Crippen LogP contribution in [0.3, 0.4) is 0 Å². The summed E-state index contributed by atoms with van der Waals surface area (Å²) in [5.74, 6) is 1.75. The molecule has 28 heavy (non-hydrogen) atoms. The van der Waals surface area contributed by atoms with Crippen LogP contribution in [0.2, 0.25) is 0 Å². The highest BCUT2D eigenvalue weighted by molar-refractivity contribution is 5.93. The summed E-state index contributed by atoms with van der Waals surface area (Å²) in [5, 5.41) is 3.79. The van der Waals surface area contributed by atoms with Gasteiger partial charge in [-0.3, -0.25) is 4.79 Å². The molecule has 7 nitrogen and oxygen atoms in total. The molecule has 2 aromatic heterocycles. The first-order valence-corrected chi connectivity index (χ1v) is 8.79. The molecule has 1 N–H and O–H groups in total. The lowest BCUT2D eigenvalue weighted by molar-refractivity contribution is -0.115. The maximum absolute atomic E-state index is 12.5. The molecule has 0 radical (unpaired) electrons. The molecule has 0 saturated carbocycles. The molecule has 146 valence electrons. The Morgan fingerprint density at radius 1 is 0.964 bits per heavy atom. The monoisotopic (exact) mass is 381 g/mol. The van der Waals surface area contributed by atoms with E-state index in [1.165, 1.54) is 21.3 Å². The molecule has 0 saturated heterocycles. The number of amides is 1. The van der Waals surface area contributed by atoms with Crippen molar-refractivity contribution in [2.75, 3.05) is 26.6 Å². The van der Waals surface area contributed by atoms with E-state index in [0.29, 0.717) is 28.7 Å². The number of ether oxygens (including phenoxy) is 3. The van der Waals surface area contributed by atoms with Gasteiger partial charge in [-0.05, 0) is 55.3 Å². The van der Waals surface area contributed by atoms with Gasteiger partial charge in [0.2, 0.25) is 11.7 Å². The first-order valence-electron chi connectivity index (χ1n) is 8.79. The zero-order valence-corrected chi connectivity index (χ0v) is 16.6. The van der Waals surface area contributed by atoms with Crippen LogP contribution in [0, 0.1) is 13.8 Å². The summed E-state index contributed by atoms with van der Waals surface area (Å²) in [5.41, 5.74) is 3.34. The Kier molecular flexibility index (Phi) is 5.63. The second-order valence-corrected chi connectivity index (χ2v) is 6.41. The van der Waals surface area contributed by atoms with Gasteiger partial charge in [-0.2, -0.15) is 0 Å². The van der Waals surface area contributed by atoms with Gasteiger partial charge < -0.3 is 19.5 Å². The zero-order valence-electron chi connectivity index (χ0n) is 16.6. The van der Waals surface area contributed by atoms with Gasteiger partial charge in [-0.1, -0.05) is 0 Å². The standard InChI is InChI=1S/C21H23N3O4/c1-12-8-13(2)22-21-15(12)6-7-18(24-21)23-19(25)11-14-9-16(26-3)20(28-5)17(10-14)27-4/h6-10H,11H2,1-5H3,(H,22,23,24,25). The fourth-order valence-electron chi connectivity index (χ4n) is 3.11. The van der Waals surface area contributed by atoms with Crippen molar-refractivity contribution in [2.24, 2.45) is 0 Å². The number of nitrogens with zero attached hydrogens (tertiary/aromatic N) is 2. The lowest BCUT2D eigenvalue weighted by Gasteiger charge is -2.14. The third-order valence-corrected chi connectivity index (χ3v) is 4.36. The van der Waals surface area contributed by atoms with E-state index in [1.807, 2.05) is 26.0 Å². The average Bonchev–Trinajstić information content (AvgIpc) is 2.66. The van der Waals surface area contributed by atoms with Crippen LogP contribution in [0.15, 0.2) is 30.3 Å². The largest absolute Gasteiger partial charge is 0.493 e. The molecular formula is C21H23N3O4. The van der Waals surface area contributed by atoms with Crippen molar-refractivity contribution in [1.82, 2.24) is 9.97 Å². The van der Waals surface area contributed by atoms with E-state index in [4.69, 9.17) is 14.2 Å². The van der Waals surface area contributed by atoms with Crippen LogP contribution in [-0.2, 0) is 11.2 Å². The molecule has 0 aliphatic rings. The maximum atomic E-state index is 12.5. The summed E-state index contributed by atoms with van der Waals surface area (Å²) in [4.78, 5) is 21.4. The number of nitrogens with one attached hydrogen (secondary N) is 1. The minimum atomic E-state index is -0.203. The zero-order chi connectivity index (χ0) is 20.3. The molecular weight excluding hydrogens is 358 g/mol. The van der Waals surface area contributed by atoms with Gasteiger partial charge in [0, 0.05) is 11.1 Å². The number of carbonyl (C=O) groups is 1. The molecule has 1 amide bonds. The summed E-state index contributed by atoms with van der Waals surface area (Å²) in [6.45, 7) is 3.94. The Balaban J connectivity index is 1.81. The highest BCUT2D eigenvalue weighted by Crippen LogP contribution is 2.38. The third-order valence-electron chi connectivity index (χ3n) is 4.36. The van der Waals surface area contributed by atoms with Crippen LogP contribution in [-0.4, -0.2) is 37.2 Å². The number of benzene rings is 1. The van der Waals surface area contributed by atoms with Crippen LogP contribution in [0.4, 0.5) is 5.82 Å². The predicted molar refractivity (Wildman–Crippen MR) is 107 cm³/mol. The Morgan fingerprint density at radius 3 is 2.25 bits per heavy atom. The van der Waals surface area contributed by atoms with E-state index in [-0.39, 0.29) is 12.3 Å². The molecule has 3 rings (SSSR count). The van der Waals surface area contributed by atoms with E-state index < -0.39 is 0 Å². The van der Waals surface area contributed by atoms with Gasteiger partial charge in [0.05, 0.1) is 27.8 Å². The lowest BCUT2D eigenvalue weighted by Crippen LogP contribution is -2.15. The molecule has 1 aromatic carbocycles. The molecule has 0 fully saturated rings. The molecule has 0 unspecified atom stereocenters. The van der Waals surface area contributed by atoms with Crippen molar-refractivity contribution in [3.05, 3.63) is 47.2 Å². The number of fused-ring (bicyclic) bond motifs is 1. The molecule has 0 aliphatic heterocycles. The van der Waals surface area contributed by atoms with E-state index in [0.717, 1.165) is 22.2 Å². The van der Waals surface area contributed by atoms with Gasteiger partial charge in [0.1, 0.15) is 5.82 Å². The second kappa shape index (κ2) is 8.12. The fraction of sp³-hybridized carbons (Fsp3) is 0.286. The second-order valence-electron chi connectivity index (χ2n) is 6.41. The summed E-state index contributed by atoms with van der Waals surface area (Å²) in [6, 6.07) is 9.21. The number of anilines is 1. The summed E-state index contributed by atoms with van der Waals surface area (Å²) >= 11 is 0. The van der Waals surface area contributed by atoms with E-state index >= 15 is 0 Å². The minimum absolute atomic E-state index is 0.136. The van der Waals surface area contributed by atoms with Crippen LogP contribution in [0.25, 0.3) is 11.0 Å². The lowest BCUT2D eigenvalue weighted by atomic mass is 10.1. The van der Waals surface area contributed by atoms with Gasteiger partial charge in [-0.25, -0.2) is 9.97 Å². The van der Waals surface area contributed by atoms with Gasteiger partial charge in [-0.15, -0.1) is 0 Å². The number of aryl methyl sites for hydroxylation is 2.